The Morgan fingerprint density at radius 3 is 2.39 bits per heavy atom. The predicted octanol–water partition coefficient (Wildman–Crippen LogP) is 5.31. The van der Waals surface area contributed by atoms with Crippen molar-refractivity contribution < 1.29 is 18.0 Å². The summed E-state index contributed by atoms with van der Waals surface area (Å²) in [5, 5.41) is 5.89. The summed E-state index contributed by atoms with van der Waals surface area (Å²) in [7, 11) is 0. The molecule has 0 unspecified atom stereocenters. The van der Waals surface area contributed by atoms with Crippen molar-refractivity contribution in [2.75, 3.05) is 46.6 Å². The lowest BCUT2D eigenvalue weighted by molar-refractivity contribution is -0.137. The Bertz CT molecular complexity index is 1770. The summed E-state index contributed by atoms with van der Waals surface area (Å²) < 4.78 is 41.0. The van der Waals surface area contributed by atoms with Crippen LogP contribution >= 0.6 is 0 Å². The van der Waals surface area contributed by atoms with Crippen LogP contribution < -0.4 is 20.4 Å². The van der Waals surface area contributed by atoms with Crippen LogP contribution in [0.4, 0.5) is 42.1 Å². The van der Waals surface area contributed by atoms with Gasteiger partial charge in [-0.1, -0.05) is 18.2 Å². The van der Waals surface area contributed by atoms with Crippen molar-refractivity contribution in [3.8, 4) is 5.82 Å². The van der Waals surface area contributed by atoms with Gasteiger partial charge in [-0.3, -0.25) is 4.79 Å². The van der Waals surface area contributed by atoms with E-state index >= 15 is 0 Å². The Hall–Kier alpha value is -5.64. The molecule has 13 heteroatoms. The molecular formula is C31H26F3N9O. The van der Waals surface area contributed by atoms with Gasteiger partial charge in [-0.15, -0.1) is 0 Å². The van der Waals surface area contributed by atoms with E-state index in [1.54, 1.807) is 29.0 Å². The Balaban J connectivity index is 1.16. The number of carbonyl (C=O) groups excluding carboxylic acids is 1. The van der Waals surface area contributed by atoms with Crippen LogP contribution in [0, 0.1) is 19.3 Å². The monoisotopic (exact) mass is 597 g/mol. The van der Waals surface area contributed by atoms with Crippen molar-refractivity contribution in [1.29, 1.82) is 0 Å². The van der Waals surface area contributed by atoms with E-state index in [2.05, 4.69) is 52.8 Å². The van der Waals surface area contributed by atoms with E-state index in [1.165, 1.54) is 18.5 Å². The molecule has 1 fully saturated rings. The summed E-state index contributed by atoms with van der Waals surface area (Å²) in [6.07, 6.45) is 4.39. The highest BCUT2D eigenvalue weighted by atomic mass is 19.4. The standard InChI is InChI=1S/C31H26F3N9O/c1-21-8-9-24(39-29(44)22-5-4-6-23(17-22)31(32,33)34)18-25(21)40-30-36-11-12-43(30)28-19-27(37-20-38-28)42-15-13-41(14-16-42)26-7-2-3-10-35-26/h2-10,17-20H,13-16H2,1H3,(H,36,40)(H,39,44). The second-order valence-electron chi connectivity index (χ2n) is 10.1. The number of alkyl halides is 3. The minimum atomic E-state index is -4.55. The summed E-state index contributed by atoms with van der Waals surface area (Å²) in [5.74, 6) is 1.95. The third-order valence-electron chi connectivity index (χ3n) is 7.17. The van der Waals surface area contributed by atoms with Crippen LogP contribution in [0.3, 0.4) is 0 Å². The lowest BCUT2D eigenvalue weighted by Gasteiger charge is -2.36. The number of hydrogen-bond acceptors (Lipinski definition) is 8. The van der Waals surface area contributed by atoms with Gasteiger partial charge in [0.05, 0.1) is 11.8 Å². The Labute approximate surface area is 251 Å². The Kier molecular flexibility index (Phi) is 7.72. The van der Waals surface area contributed by atoms with Gasteiger partial charge in [0.2, 0.25) is 5.95 Å². The number of nitrogens with one attached hydrogen (secondary N) is 2. The van der Waals surface area contributed by atoms with Gasteiger partial charge in [0.15, 0.2) is 5.82 Å². The average Bonchev–Trinajstić information content (AvgIpc) is 3.51. The predicted molar refractivity (Wildman–Crippen MR) is 159 cm³/mol. The van der Waals surface area contributed by atoms with E-state index in [0.717, 1.165) is 55.5 Å². The first-order chi connectivity index (χ1) is 21.2. The highest BCUT2D eigenvalue weighted by Gasteiger charge is 2.31. The quantitative estimate of drug-likeness (QED) is 0.260. The summed E-state index contributed by atoms with van der Waals surface area (Å²) in [4.78, 5) is 34.8. The van der Waals surface area contributed by atoms with Crippen LogP contribution in [0.25, 0.3) is 5.82 Å². The zero-order chi connectivity index (χ0) is 30.7. The fraction of sp³-hybridized carbons (Fsp3) is 0.194. The van der Waals surface area contributed by atoms with Crippen molar-refractivity contribution in [3.05, 3.63) is 108 Å². The SMILES string of the molecule is Cc1ccc(NC(=O)c2cccc(C(F)(F)F)c2)cc1Nc1nc#cn1-c1cc(N2CCN(c3ccccn3)CC2)ncn1. The van der Waals surface area contributed by atoms with Gasteiger partial charge < -0.3 is 20.4 Å². The second-order valence-corrected chi connectivity index (χ2v) is 10.1. The fourth-order valence-corrected chi connectivity index (χ4v) is 4.81. The summed E-state index contributed by atoms with van der Waals surface area (Å²) in [6, 6.07) is 17.1. The highest BCUT2D eigenvalue weighted by molar-refractivity contribution is 6.04. The van der Waals surface area contributed by atoms with Gasteiger partial charge in [0, 0.05) is 61.6 Å². The molecule has 44 heavy (non-hydrogen) atoms. The van der Waals surface area contributed by atoms with Crippen molar-refractivity contribution >= 4 is 34.9 Å². The highest BCUT2D eigenvalue weighted by Crippen LogP contribution is 2.30. The van der Waals surface area contributed by atoms with Crippen LogP contribution in [0.15, 0.2) is 79.3 Å². The molecule has 2 N–H and O–H groups in total. The number of nitrogens with zero attached hydrogens (tertiary/aromatic N) is 7. The number of carbonyl (C=O) groups is 1. The molecule has 2 aromatic carbocycles. The number of piperazine rings is 1. The minimum Gasteiger partial charge on any atom is -0.353 e. The van der Waals surface area contributed by atoms with Crippen LogP contribution in [0.2, 0.25) is 0 Å². The van der Waals surface area contributed by atoms with E-state index in [4.69, 9.17) is 0 Å². The number of pyridine rings is 1. The van der Waals surface area contributed by atoms with E-state index in [1.807, 2.05) is 31.2 Å². The summed E-state index contributed by atoms with van der Waals surface area (Å²) >= 11 is 0. The molecule has 1 saturated heterocycles. The lowest BCUT2D eigenvalue weighted by atomic mass is 10.1. The van der Waals surface area contributed by atoms with E-state index in [0.29, 0.717) is 23.1 Å². The summed E-state index contributed by atoms with van der Waals surface area (Å²) in [6.45, 7) is 4.99. The van der Waals surface area contributed by atoms with Crippen molar-refractivity contribution in [2.24, 2.45) is 0 Å². The largest absolute Gasteiger partial charge is 0.416 e. The van der Waals surface area contributed by atoms with Crippen LogP contribution in [-0.4, -0.2) is 56.6 Å². The molecule has 5 aromatic rings. The van der Waals surface area contributed by atoms with E-state index < -0.39 is 17.6 Å². The number of halogens is 3. The third kappa shape index (κ3) is 6.24. The average molecular weight is 598 g/mol. The normalized spacial score (nSPS) is 13.4. The topological polar surface area (TPSA) is 104 Å². The third-order valence-corrected chi connectivity index (χ3v) is 7.17. The van der Waals surface area contributed by atoms with Crippen LogP contribution in [-0.2, 0) is 6.18 Å². The zero-order valence-corrected chi connectivity index (χ0v) is 23.5. The molecule has 0 aliphatic carbocycles. The maximum absolute atomic E-state index is 13.1. The van der Waals surface area contributed by atoms with Crippen molar-refractivity contribution in [2.45, 2.75) is 13.1 Å². The molecule has 0 radical (unpaired) electrons. The number of hydrogen-bond donors (Lipinski definition) is 2. The fourth-order valence-electron chi connectivity index (χ4n) is 4.81. The molecule has 1 aliphatic rings. The van der Waals surface area contributed by atoms with Gasteiger partial charge >= 0.3 is 6.18 Å². The number of aryl methyl sites for hydroxylation is 1. The number of anilines is 5. The first kappa shape index (κ1) is 28.5. The number of benzene rings is 2. The maximum atomic E-state index is 13.1. The van der Waals surface area contributed by atoms with Crippen LogP contribution in [0.1, 0.15) is 21.5 Å². The number of amides is 1. The smallest absolute Gasteiger partial charge is 0.353 e. The van der Waals surface area contributed by atoms with Crippen LogP contribution in [0.5, 0.6) is 0 Å². The Morgan fingerprint density at radius 1 is 0.864 bits per heavy atom. The molecule has 3 aromatic heterocycles. The molecule has 0 atom stereocenters. The first-order valence-electron chi connectivity index (χ1n) is 13.7. The minimum absolute atomic E-state index is 0.104. The zero-order valence-electron chi connectivity index (χ0n) is 23.5. The molecule has 1 aliphatic heterocycles. The molecule has 4 heterocycles. The van der Waals surface area contributed by atoms with Gasteiger partial charge in [0.25, 0.3) is 5.91 Å². The molecule has 10 nitrogen and oxygen atoms in total. The molecule has 0 bridgehead atoms. The molecule has 222 valence electrons. The molecular weight excluding hydrogens is 571 g/mol. The molecule has 6 rings (SSSR count). The van der Waals surface area contributed by atoms with Crippen molar-refractivity contribution in [1.82, 2.24) is 24.5 Å². The van der Waals surface area contributed by atoms with E-state index in [-0.39, 0.29) is 5.56 Å². The number of aromatic nitrogens is 5. The molecule has 1 amide bonds. The number of rotatable bonds is 7. The Morgan fingerprint density at radius 2 is 1.64 bits per heavy atom. The van der Waals surface area contributed by atoms with Gasteiger partial charge in [-0.2, -0.15) is 18.2 Å². The lowest BCUT2D eigenvalue weighted by Crippen LogP contribution is -2.47. The molecule has 0 spiro atoms. The molecule has 0 saturated carbocycles. The first-order valence-corrected chi connectivity index (χ1v) is 13.7. The van der Waals surface area contributed by atoms with Gasteiger partial charge in [-0.05, 0) is 55.0 Å². The second kappa shape index (κ2) is 11.9. The maximum Gasteiger partial charge on any atom is 0.416 e. The van der Waals surface area contributed by atoms with E-state index in [9.17, 15) is 18.0 Å². The van der Waals surface area contributed by atoms with Crippen molar-refractivity contribution in [3.63, 3.8) is 0 Å². The van der Waals surface area contributed by atoms with Gasteiger partial charge in [0.1, 0.15) is 18.0 Å². The van der Waals surface area contributed by atoms with Gasteiger partial charge in [-0.25, -0.2) is 19.5 Å². The summed E-state index contributed by atoms with van der Waals surface area (Å²) in [5.41, 5.74) is 0.843.